The average molecular weight is 277 g/mol. The SMILES string of the molecule is CCCOCCC(O)Cc1c(Cl)cccc1Cl. The lowest BCUT2D eigenvalue weighted by atomic mass is 10.1. The van der Waals surface area contributed by atoms with Crippen LogP contribution in [-0.4, -0.2) is 24.4 Å². The molecule has 1 rings (SSSR count). The molecule has 1 aromatic rings. The lowest BCUT2D eigenvalue weighted by Gasteiger charge is -2.13. The molecule has 0 aliphatic heterocycles. The van der Waals surface area contributed by atoms with Crippen LogP contribution in [0, 0.1) is 0 Å². The van der Waals surface area contributed by atoms with Crippen molar-refractivity contribution in [3.8, 4) is 0 Å². The van der Waals surface area contributed by atoms with Gasteiger partial charge in [0, 0.05) is 29.7 Å². The summed E-state index contributed by atoms with van der Waals surface area (Å²) in [4.78, 5) is 0. The highest BCUT2D eigenvalue weighted by Gasteiger charge is 2.11. The molecule has 0 amide bonds. The van der Waals surface area contributed by atoms with Crippen LogP contribution in [0.4, 0.5) is 0 Å². The Morgan fingerprint density at radius 1 is 1.24 bits per heavy atom. The van der Waals surface area contributed by atoms with E-state index in [1.54, 1.807) is 18.2 Å². The third-order valence-corrected chi connectivity index (χ3v) is 3.15. The summed E-state index contributed by atoms with van der Waals surface area (Å²) in [5.41, 5.74) is 0.804. The van der Waals surface area contributed by atoms with Crippen LogP contribution in [0.15, 0.2) is 18.2 Å². The fourth-order valence-corrected chi connectivity index (χ4v) is 2.08. The molecule has 1 atom stereocenters. The zero-order valence-electron chi connectivity index (χ0n) is 9.96. The van der Waals surface area contributed by atoms with Crippen LogP contribution >= 0.6 is 23.2 Å². The molecule has 0 aromatic heterocycles. The van der Waals surface area contributed by atoms with Crippen molar-refractivity contribution in [3.63, 3.8) is 0 Å². The molecule has 0 aliphatic carbocycles. The summed E-state index contributed by atoms with van der Waals surface area (Å²) >= 11 is 12.1. The highest BCUT2D eigenvalue weighted by Crippen LogP contribution is 2.25. The Kier molecular flexibility index (Phi) is 6.90. The van der Waals surface area contributed by atoms with E-state index in [1.165, 1.54) is 0 Å². The molecule has 0 heterocycles. The minimum atomic E-state index is -0.468. The molecule has 96 valence electrons. The Balaban J connectivity index is 2.42. The summed E-state index contributed by atoms with van der Waals surface area (Å²) in [5.74, 6) is 0. The van der Waals surface area contributed by atoms with Crippen molar-refractivity contribution in [2.75, 3.05) is 13.2 Å². The van der Waals surface area contributed by atoms with Crippen LogP contribution in [0.25, 0.3) is 0 Å². The topological polar surface area (TPSA) is 29.5 Å². The van der Waals surface area contributed by atoms with Crippen molar-refractivity contribution in [1.82, 2.24) is 0 Å². The minimum Gasteiger partial charge on any atom is -0.393 e. The van der Waals surface area contributed by atoms with Gasteiger partial charge < -0.3 is 9.84 Å². The van der Waals surface area contributed by atoms with Crippen LogP contribution in [0.1, 0.15) is 25.3 Å². The number of halogens is 2. The quantitative estimate of drug-likeness (QED) is 0.770. The van der Waals surface area contributed by atoms with Gasteiger partial charge in [-0.3, -0.25) is 0 Å². The summed E-state index contributed by atoms with van der Waals surface area (Å²) in [7, 11) is 0. The molecule has 2 nitrogen and oxygen atoms in total. The highest BCUT2D eigenvalue weighted by molar-refractivity contribution is 6.35. The zero-order chi connectivity index (χ0) is 12.7. The molecule has 0 spiro atoms. The van der Waals surface area contributed by atoms with Gasteiger partial charge in [0.2, 0.25) is 0 Å². The van der Waals surface area contributed by atoms with E-state index in [4.69, 9.17) is 27.9 Å². The van der Waals surface area contributed by atoms with Gasteiger partial charge in [-0.1, -0.05) is 36.2 Å². The van der Waals surface area contributed by atoms with E-state index < -0.39 is 6.10 Å². The van der Waals surface area contributed by atoms with Crippen LogP contribution in [0.5, 0.6) is 0 Å². The minimum absolute atomic E-state index is 0.466. The summed E-state index contributed by atoms with van der Waals surface area (Å²) in [5, 5.41) is 11.1. The fraction of sp³-hybridized carbons (Fsp3) is 0.538. The normalized spacial score (nSPS) is 12.7. The van der Waals surface area contributed by atoms with Gasteiger partial charge >= 0.3 is 0 Å². The van der Waals surface area contributed by atoms with E-state index in [2.05, 4.69) is 6.92 Å². The fourth-order valence-electron chi connectivity index (χ4n) is 1.53. The summed E-state index contributed by atoms with van der Waals surface area (Å²) in [6, 6.07) is 5.36. The Hall–Kier alpha value is -0.280. The van der Waals surface area contributed by atoms with Gasteiger partial charge in [-0.2, -0.15) is 0 Å². The van der Waals surface area contributed by atoms with Gasteiger partial charge in [-0.25, -0.2) is 0 Å². The molecule has 0 saturated heterocycles. The zero-order valence-corrected chi connectivity index (χ0v) is 11.5. The van der Waals surface area contributed by atoms with E-state index in [9.17, 15) is 5.11 Å². The number of aliphatic hydroxyl groups is 1. The van der Waals surface area contributed by atoms with E-state index >= 15 is 0 Å². The first-order valence-electron chi connectivity index (χ1n) is 5.83. The third kappa shape index (κ3) is 5.26. The smallest absolute Gasteiger partial charge is 0.0603 e. The number of aliphatic hydroxyl groups excluding tert-OH is 1. The first-order valence-corrected chi connectivity index (χ1v) is 6.59. The molecular formula is C13H18Cl2O2. The van der Waals surface area contributed by atoms with Crippen LogP contribution in [-0.2, 0) is 11.2 Å². The third-order valence-electron chi connectivity index (χ3n) is 2.45. The largest absolute Gasteiger partial charge is 0.393 e. The van der Waals surface area contributed by atoms with E-state index in [0.717, 1.165) is 18.6 Å². The van der Waals surface area contributed by atoms with Crippen LogP contribution in [0.3, 0.4) is 0 Å². The Labute approximate surface area is 113 Å². The highest BCUT2D eigenvalue weighted by atomic mass is 35.5. The molecule has 17 heavy (non-hydrogen) atoms. The van der Waals surface area contributed by atoms with Crippen molar-refractivity contribution in [1.29, 1.82) is 0 Å². The standard InChI is InChI=1S/C13H18Cl2O2/c1-2-7-17-8-6-10(16)9-11-12(14)4-3-5-13(11)15/h3-5,10,16H,2,6-9H2,1H3. The Bertz CT molecular complexity index is 322. The number of rotatable bonds is 7. The molecule has 1 N–H and O–H groups in total. The predicted molar refractivity (Wildman–Crippen MR) is 71.9 cm³/mol. The van der Waals surface area contributed by atoms with Gasteiger partial charge in [0.15, 0.2) is 0 Å². The summed E-state index contributed by atoms with van der Waals surface area (Å²) in [6.07, 6.45) is 1.59. The maximum absolute atomic E-state index is 9.85. The first kappa shape index (κ1) is 14.8. The molecular weight excluding hydrogens is 259 g/mol. The maximum atomic E-state index is 9.85. The number of hydrogen-bond acceptors (Lipinski definition) is 2. The van der Waals surface area contributed by atoms with E-state index in [1.807, 2.05) is 0 Å². The maximum Gasteiger partial charge on any atom is 0.0603 e. The number of ether oxygens (including phenoxy) is 1. The molecule has 1 aromatic carbocycles. The van der Waals surface area contributed by atoms with Crippen LogP contribution in [0.2, 0.25) is 10.0 Å². The number of hydrogen-bond donors (Lipinski definition) is 1. The monoisotopic (exact) mass is 276 g/mol. The summed E-state index contributed by atoms with van der Waals surface area (Å²) < 4.78 is 5.33. The van der Waals surface area contributed by atoms with Gasteiger partial charge in [0.1, 0.15) is 0 Å². The average Bonchev–Trinajstić information content (AvgIpc) is 2.30. The first-order chi connectivity index (χ1) is 8.15. The molecule has 0 bridgehead atoms. The van der Waals surface area contributed by atoms with Gasteiger partial charge in [0.25, 0.3) is 0 Å². The number of benzene rings is 1. The predicted octanol–water partition coefficient (Wildman–Crippen LogP) is 3.71. The van der Waals surface area contributed by atoms with E-state index in [-0.39, 0.29) is 0 Å². The molecule has 1 unspecified atom stereocenters. The molecule has 0 saturated carbocycles. The van der Waals surface area contributed by atoms with Gasteiger partial charge in [-0.15, -0.1) is 0 Å². The van der Waals surface area contributed by atoms with Gasteiger partial charge in [0.05, 0.1) is 6.10 Å². The molecule has 0 radical (unpaired) electrons. The lowest BCUT2D eigenvalue weighted by Crippen LogP contribution is -2.14. The van der Waals surface area contributed by atoms with Crippen molar-refractivity contribution in [2.45, 2.75) is 32.3 Å². The second-order valence-electron chi connectivity index (χ2n) is 3.96. The molecule has 0 fully saturated rings. The van der Waals surface area contributed by atoms with Crippen molar-refractivity contribution in [2.24, 2.45) is 0 Å². The second kappa shape index (κ2) is 7.93. The second-order valence-corrected chi connectivity index (χ2v) is 4.77. The Morgan fingerprint density at radius 2 is 1.88 bits per heavy atom. The van der Waals surface area contributed by atoms with Gasteiger partial charge in [-0.05, 0) is 30.5 Å². The van der Waals surface area contributed by atoms with Crippen molar-refractivity contribution < 1.29 is 9.84 Å². The lowest BCUT2D eigenvalue weighted by molar-refractivity contribution is 0.0824. The van der Waals surface area contributed by atoms with E-state index in [0.29, 0.717) is 29.5 Å². The van der Waals surface area contributed by atoms with Crippen molar-refractivity contribution >= 4 is 23.2 Å². The molecule has 4 heteroatoms. The molecule has 0 aliphatic rings. The Morgan fingerprint density at radius 3 is 2.47 bits per heavy atom. The van der Waals surface area contributed by atoms with Crippen molar-refractivity contribution in [3.05, 3.63) is 33.8 Å². The summed E-state index contributed by atoms with van der Waals surface area (Å²) in [6.45, 7) is 3.36. The van der Waals surface area contributed by atoms with Crippen LogP contribution < -0.4 is 0 Å².